The molecule has 4 heterocycles. The molecular weight excluding hydrogens is 396 g/mol. The van der Waals surface area contributed by atoms with Crippen molar-refractivity contribution in [1.29, 1.82) is 0 Å². The molecule has 1 saturated heterocycles. The van der Waals surface area contributed by atoms with Gasteiger partial charge in [-0.25, -0.2) is 4.68 Å². The molecule has 164 valence electrons. The molecule has 10 nitrogen and oxygen atoms in total. The number of fused-ring (bicyclic) bond motifs is 2. The summed E-state index contributed by atoms with van der Waals surface area (Å²) < 4.78 is 3.22. The minimum atomic E-state index is -0.192. The summed E-state index contributed by atoms with van der Waals surface area (Å²) >= 11 is 0. The van der Waals surface area contributed by atoms with Crippen LogP contribution in [0.25, 0.3) is 11.0 Å². The molecule has 2 aliphatic rings. The van der Waals surface area contributed by atoms with E-state index in [4.69, 9.17) is 0 Å². The van der Waals surface area contributed by atoms with Crippen LogP contribution in [0.1, 0.15) is 36.9 Å². The number of likely N-dealkylation sites (tertiary alicyclic amines) is 1. The van der Waals surface area contributed by atoms with Gasteiger partial charge >= 0.3 is 0 Å². The number of aromatic nitrogens is 6. The van der Waals surface area contributed by atoms with E-state index in [2.05, 4.69) is 30.4 Å². The Morgan fingerprint density at radius 1 is 1.19 bits per heavy atom. The zero-order chi connectivity index (χ0) is 21.4. The maximum Gasteiger partial charge on any atom is 0.267 e. The summed E-state index contributed by atoms with van der Waals surface area (Å²) in [4.78, 5) is 34.4. The lowest BCUT2D eigenvalue weighted by Crippen LogP contribution is -2.46. The summed E-state index contributed by atoms with van der Waals surface area (Å²) in [5.41, 5.74) is 2.57. The summed E-state index contributed by atoms with van der Waals surface area (Å²) in [5.74, 6) is 0.461. The summed E-state index contributed by atoms with van der Waals surface area (Å²) in [6.07, 6.45) is 7.95. The number of hydrogen-bond acceptors (Lipinski definition) is 7. The molecule has 2 N–H and O–H groups in total. The number of H-pyrrole nitrogens is 1. The minimum absolute atomic E-state index is 0.00131. The van der Waals surface area contributed by atoms with Crippen molar-refractivity contribution in [3.8, 4) is 0 Å². The van der Waals surface area contributed by atoms with Gasteiger partial charge in [0.05, 0.1) is 18.4 Å². The fourth-order valence-corrected chi connectivity index (χ4v) is 4.74. The highest BCUT2D eigenvalue weighted by atomic mass is 16.1. The number of nitrogens with one attached hydrogen (secondary N) is 2. The van der Waals surface area contributed by atoms with E-state index in [9.17, 15) is 9.59 Å². The topological polar surface area (TPSA) is 114 Å². The van der Waals surface area contributed by atoms with Gasteiger partial charge in [-0.2, -0.15) is 15.2 Å². The summed E-state index contributed by atoms with van der Waals surface area (Å²) in [6, 6.07) is 2.08. The van der Waals surface area contributed by atoms with Crippen LogP contribution in [-0.4, -0.2) is 60.1 Å². The normalized spacial score (nSPS) is 19.1. The van der Waals surface area contributed by atoms with Crippen molar-refractivity contribution in [2.75, 3.05) is 25.0 Å². The summed E-state index contributed by atoms with van der Waals surface area (Å²) in [7, 11) is 1.77. The number of aryl methyl sites for hydroxylation is 3. The maximum absolute atomic E-state index is 12.4. The highest BCUT2D eigenvalue weighted by Crippen LogP contribution is 2.19. The van der Waals surface area contributed by atoms with Gasteiger partial charge in [0.1, 0.15) is 5.39 Å². The number of rotatable bonds is 6. The predicted molar refractivity (Wildman–Crippen MR) is 117 cm³/mol. The molecule has 1 unspecified atom stereocenters. The third-order valence-corrected chi connectivity index (χ3v) is 6.48. The van der Waals surface area contributed by atoms with Gasteiger partial charge in [-0.05, 0) is 44.2 Å². The highest BCUT2D eigenvalue weighted by molar-refractivity contribution is 5.74. The van der Waals surface area contributed by atoms with Crippen LogP contribution in [0.4, 0.5) is 5.95 Å². The Bertz CT molecular complexity index is 1210. The Balaban J connectivity index is 1.25. The molecule has 0 spiro atoms. The Labute approximate surface area is 179 Å². The van der Waals surface area contributed by atoms with E-state index in [1.165, 1.54) is 12.6 Å². The first-order valence-electron chi connectivity index (χ1n) is 11.1. The third kappa shape index (κ3) is 3.99. The average molecular weight is 425 g/mol. The number of anilines is 1. The summed E-state index contributed by atoms with van der Waals surface area (Å²) in [6.45, 7) is 3.05. The van der Waals surface area contributed by atoms with Crippen LogP contribution < -0.4 is 16.4 Å². The Morgan fingerprint density at radius 3 is 3.00 bits per heavy atom. The predicted octanol–water partition coefficient (Wildman–Crippen LogP) is 0.669. The Morgan fingerprint density at radius 2 is 2.10 bits per heavy atom. The molecule has 3 aromatic heterocycles. The Kier molecular flexibility index (Phi) is 5.31. The van der Waals surface area contributed by atoms with Crippen molar-refractivity contribution < 1.29 is 0 Å². The standard InChI is InChI=1S/C21H28N8O2/c1-27-19-16(13-23-27)20(31)25-21(24-19)22-12-15-6-2-3-8-28(15)9-10-29-18(30)11-14-5-4-7-17(14)26-29/h11,13,15H,2-10,12H2,1H3,(H2,22,24,25,31). The lowest BCUT2D eigenvalue weighted by molar-refractivity contribution is 0.147. The van der Waals surface area contributed by atoms with Gasteiger partial charge in [0, 0.05) is 32.2 Å². The van der Waals surface area contributed by atoms with Crippen molar-refractivity contribution in [3.63, 3.8) is 0 Å². The highest BCUT2D eigenvalue weighted by Gasteiger charge is 2.23. The van der Waals surface area contributed by atoms with Crippen molar-refractivity contribution in [2.24, 2.45) is 7.05 Å². The first kappa shape index (κ1) is 19.9. The SMILES string of the molecule is Cn1ncc2c(=O)[nH]c(NCC3CCCCN3CCn3nc4c(cc3=O)CCC4)nc21. The average Bonchev–Trinajstić information content (AvgIpc) is 3.37. The second-order valence-corrected chi connectivity index (χ2v) is 8.52. The van der Waals surface area contributed by atoms with Gasteiger partial charge < -0.3 is 5.32 Å². The van der Waals surface area contributed by atoms with Gasteiger partial charge in [-0.1, -0.05) is 6.42 Å². The van der Waals surface area contributed by atoms with E-state index in [-0.39, 0.29) is 11.1 Å². The van der Waals surface area contributed by atoms with Gasteiger partial charge in [0.15, 0.2) is 5.65 Å². The smallest absolute Gasteiger partial charge is 0.267 e. The van der Waals surface area contributed by atoms with E-state index in [1.807, 2.05) is 0 Å². The van der Waals surface area contributed by atoms with Crippen LogP contribution >= 0.6 is 0 Å². The van der Waals surface area contributed by atoms with Gasteiger partial charge in [0.25, 0.3) is 11.1 Å². The number of hydrogen-bond donors (Lipinski definition) is 2. The largest absolute Gasteiger partial charge is 0.354 e. The van der Waals surface area contributed by atoms with Crippen molar-refractivity contribution >= 4 is 17.0 Å². The lowest BCUT2D eigenvalue weighted by atomic mass is 10.0. The molecule has 0 radical (unpaired) electrons. The quantitative estimate of drug-likeness (QED) is 0.598. The molecular formula is C21H28N8O2. The van der Waals surface area contributed by atoms with E-state index in [1.54, 1.807) is 22.5 Å². The molecule has 0 bridgehead atoms. The summed E-state index contributed by atoms with van der Waals surface area (Å²) in [5, 5.41) is 12.5. The minimum Gasteiger partial charge on any atom is -0.354 e. The first-order valence-corrected chi connectivity index (χ1v) is 11.1. The van der Waals surface area contributed by atoms with E-state index in [0.29, 0.717) is 36.1 Å². The monoisotopic (exact) mass is 424 g/mol. The first-order chi connectivity index (χ1) is 15.1. The van der Waals surface area contributed by atoms with Crippen LogP contribution in [0.5, 0.6) is 0 Å². The molecule has 10 heteroatoms. The van der Waals surface area contributed by atoms with Gasteiger partial charge in [-0.15, -0.1) is 0 Å². The van der Waals surface area contributed by atoms with E-state index >= 15 is 0 Å². The zero-order valence-electron chi connectivity index (χ0n) is 17.8. The molecule has 0 amide bonds. The molecule has 5 rings (SSSR count). The van der Waals surface area contributed by atoms with E-state index in [0.717, 1.165) is 56.5 Å². The van der Waals surface area contributed by atoms with Gasteiger partial charge in [-0.3, -0.25) is 24.2 Å². The second kappa shape index (κ2) is 8.26. The molecule has 3 aromatic rings. The van der Waals surface area contributed by atoms with Crippen LogP contribution in [0.3, 0.4) is 0 Å². The molecule has 1 aliphatic heterocycles. The van der Waals surface area contributed by atoms with E-state index < -0.39 is 0 Å². The molecule has 1 fully saturated rings. The lowest BCUT2D eigenvalue weighted by Gasteiger charge is -2.35. The van der Waals surface area contributed by atoms with Gasteiger partial charge in [0.2, 0.25) is 5.95 Å². The fraction of sp³-hybridized carbons (Fsp3) is 0.571. The van der Waals surface area contributed by atoms with Crippen LogP contribution in [-0.2, 0) is 26.4 Å². The van der Waals surface area contributed by atoms with Crippen LogP contribution in [0.15, 0.2) is 21.9 Å². The molecule has 1 aliphatic carbocycles. The maximum atomic E-state index is 12.4. The van der Waals surface area contributed by atoms with Crippen molar-refractivity contribution in [2.45, 2.75) is 51.1 Å². The molecule has 1 atom stereocenters. The Hall–Kier alpha value is -3.01. The fourth-order valence-electron chi connectivity index (χ4n) is 4.74. The molecule has 31 heavy (non-hydrogen) atoms. The molecule has 0 saturated carbocycles. The number of nitrogens with zero attached hydrogens (tertiary/aromatic N) is 6. The second-order valence-electron chi connectivity index (χ2n) is 8.52. The number of aromatic amines is 1. The van der Waals surface area contributed by atoms with Crippen molar-refractivity contribution in [3.05, 3.63) is 44.2 Å². The third-order valence-electron chi connectivity index (χ3n) is 6.48. The number of piperidine rings is 1. The molecule has 0 aromatic carbocycles. The van der Waals surface area contributed by atoms with Crippen molar-refractivity contribution in [1.82, 2.24) is 34.4 Å². The zero-order valence-corrected chi connectivity index (χ0v) is 17.8. The van der Waals surface area contributed by atoms with Crippen LogP contribution in [0.2, 0.25) is 0 Å². The van der Waals surface area contributed by atoms with Crippen LogP contribution in [0, 0.1) is 0 Å².